The minimum Gasteiger partial charge on any atom is -0.768 e. The molecule has 182 valence electrons. The van der Waals surface area contributed by atoms with Crippen molar-refractivity contribution in [3.8, 4) is 0 Å². The minimum atomic E-state index is -2.44. The maximum absolute atomic E-state index is 13.4. The van der Waals surface area contributed by atoms with E-state index in [1.54, 1.807) is 12.1 Å². The SMILES string of the molecule is CC1(C)OCC(C2=CSC(NC(=O)/C(=C/C3CCCC3)c3ccc(S(=O)[O-])c(Cl)c3)=CC=C2)O1. The number of benzene rings is 1. The number of halogens is 1. The van der Waals surface area contributed by atoms with E-state index in [1.165, 1.54) is 17.8 Å². The molecule has 1 aliphatic carbocycles. The third-order valence-electron chi connectivity index (χ3n) is 5.94. The Morgan fingerprint density at radius 2 is 2.09 bits per heavy atom. The second-order valence-corrected chi connectivity index (χ2v) is 11.1. The molecule has 0 spiro atoms. The van der Waals surface area contributed by atoms with Crippen LogP contribution in [0, 0.1) is 5.92 Å². The first-order valence-electron chi connectivity index (χ1n) is 11.2. The fourth-order valence-corrected chi connectivity index (χ4v) is 5.78. The fourth-order valence-electron chi connectivity index (χ4n) is 4.21. The van der Waals surface area contributed by atoms with Gasteiger partial charge in [-0.05, 0) is 78.4 Å². The molecule has 0 bridgehead atoms. The van der Waals surface area contributed by atoms with Gasteiger partial charge in [-0.2, -0.15) is 0 Å². The first-order chi connectivity index (χ1) is 16.2. The molecular weight excluding hydrogens is 494 g/mol. The predicted octanol–water partition coefficient (Wildman–Crippen LogP) is 5.45. The van der Waals surface area contributed by atoms with Gasteiger partial charge < -0.3 is 19.3 Å². The molecule has 0 radical (unpaired) electrons. The molecule has 2 atom stereocenters. The van der Waals surface area contributed by atoms with E-state index in [-0.39, 0.29) is 21.9 Å². The van der Waals surface area contributed by atoms with Crippen LogP contribution in [-0.2, 0) is 25.3 Å². The van der Waals surface area contributed by atoms with Crippen LogP contribution in [0.25, 0.3) is 5.57 Å². The maximum Gasteiger partial charge on any atom is 0.256 e. The van der Waals surface area contributed by atoms with E-state index >= 15 is 0 Å². The fraction of sp³-hybridized carbons (Fsp3) is 0.400. The van der Waals surface area contributed by atoms with E-state index in [2.05, 4.69) is 5.32 Å². The van der Waals surface area contributed by atoms with Gasteiger partial charge in [0, 0.05) is 10.5 Å². The van der Waals surface area contributed by atoms with E-state index in [1.807, 2.05) is 43.6 Å². The Morgan fingerprint density at radius 1 is 1.32 bits per heavy atom. The molecule has 1 saturated carbocycles. The molecule has 4 rings (SSSR count). The minimum absolute atomic E-state index is 0.0113. The molecule has 9 heteroatoms. The van der Waals surface area contributed by atoms with Crippen LogP contribution in [0.2, 0.25) is 5.02 Å². The smallest absolute Gasteiger partial charge is 0.256 e. The lowest BCUT2D eigenvalue weighted by molar-refractivity contribution is -0.134. The van der Waals surface area contributed by atoms with Crippen LogP contribution in [0.5, 0.6) is 0 Å². The second-order valence-electron chi connectivity index (χ2n) is 8.90. The van der Waals surface area contributed by atoms with Gasteiger partial charge in [-0.25, -0.2) is 0 Å². The summed E-state index contributed by atoms with van der Waals surface area (Å²) in [6.45, 7) is 4.25. The first kappa shape index (κ1) is 25.4. The lowest BCUT2D eigenvalue weighted by Gasteiger charge is -2.17. The summed E-state index contributed by atoms with van der Waals surface area (Å²) in [7, 11) is 0. The van der Waals surface area contributed by atoms with Crippen LogP contribution in [0.4, 0.5) is 0 Å². The molecule has 1 saturated heterocycles. The second kappa shape index (κ2) is 10.9. The van der Waals surface area contributed by atoms with E-state index in [0.717, 1.165) is 31.3 Å². The molecule has 1 aromatic rings. The third-order valence-corrected chi connectivity index (χ3v) is 7.97. The van der Waals surface area contributed by atoms with Gasteiger partial charge in [0.25, 0.3) is 5.91 Å². The summed E-state index contributed by atoms with van der Waals surface area (Å²) < 4.78 is 34.3. The first-order valence-corrected chi connectivity index (χ1v) is 13.5. The van der Waals surface area contributed by atoms with Crippen molar-refractivity contribution < 1.29 is 23.0 Å². The number of hydrogen-bond acceptors (Lipinski definition) is 6. The molecule has 34 heavy (non-hydrogen) atoms. The molecule has 2 aliphatic heterocycles. The van der Waals surface area contributed by atoms with Crippen molar-refractivity contribution in [2.75, 3.05) is 6.61 Å². The van der Waals surface area contributed by atoms with Crippen molar-refractivity contribution in [3.63, 3.8) is 0 Å². The molecule has 1 aromatic carbocycles. The Labute approximate surface area is 211 Å². The Balaban J connectivity index is 1.52. The highest BCUT2D eigenvalue weighted by atomic mass is 35.5. The number of ether oxygens (including phenoxy) is 2. The van der Waals surface area contributed by atoms with Gasteiger partial charge in [0.2, 0.25) is 0 Å². The van der Waals surface area contributed by atoms with Gasteiger partial charge in [0.15, 0.2) is 5.79 Å². The van der Waals surface area contributed by atoms with Gasteiger partial charge in [0.1, 0.15) is 6.10 Å². The van der Waals surface area contributed by atoms with E-state index in [9.17, 15) is 13.6 Å². The molecule has 3 aliphatic rings. The summed E-state index contributed by atoms with van der Waals surface area (Å²) >= 11 is 5.16. The Hall–Kier alpha value is -1.68. The van der Waals surface area contributed by atoms with Gasteiger partial charge >= 0.3 is 0 Å². The number of hydrogen-bond donors (Lipinski definition) is 1. The van der Waals surface area contributed by atoms with Crippen molar-refractivity contribution in [2.45, 2.75) is 56.3 Å². The van der Waals surface area contributed by atoms with Crippen molar-refractivity contribution in [1.29, 1.82) is 0 Å². The molecule has 1 N–H and O–H groups in total. The predicted molar refractivity (Wildman–Crippen MR) is 135 cm³/mol. The highest BCUT2D eigenvalue weighted by molar-refractivity contribution is 8.05. The van der Waals surface area contributed by atoms with E-state index in [0.29, 0.717) is 28.7 Å². The lowest BCUT2D eigenvalue weighted by Crippen LogP contribution is -2.23. The number of carbonyl (C=O) groups excluding carboxylic acids is 1. The normalized spacial score (nSPS) is 23.9. The summed E-state index contributed by atoms with van der Waals surface area (Å²) in [4.78, 5) is 13.4. The zero-order chi connectivity index (χ0) is 24.3. The molecule has 2 fully saturated rings. The molecule has 2 unspecified atom stereocenters. The van der Waals surface area contributed by atoms with Gasteiger partial charge in [-0.15, -0.1) is 0 Å². The maximum atomic E-state index is 13.4. The van der Waals surface area contributed by atoms with Crippen LogP contribution >= 0.6 is 23.4 Å². The van der Waals surface area contributed by atoms with Gasteiger partial charge in [0.05, 0.1) is 16.7 Å². The van der Waals surface area contributed by atoms with Crippen LogP contribution in [-0.4, -0.2) is 33.2 Å². The van der Waals surface area contributed by atoms with E-state index in [4.69, 9.17) is 21.1 Å². The summed E-state index contributed by atoms with van der Waals surface area (Å²) in [5.74, 6) is -0.571. The highest BCUT2D eigenvalue weighted by Gasteiger charge is 2.34. The van der Waals surface area contributed by atoms with Crippen LogP contribution in [0.15, 0.2) is 63.4 Å². The van der Waals surface area contributed by atoms with Crippen molar-refractivity contribution in [3.05, 3.63) is 69.1 Å². The number of amides is 1. The zero-order valence-corrected chi connectivity index (χ0v) is 21.4. The van der Waals surface area contributed by atoms with Crippen molar-refractivity contribution >= 4 is 45.9 Å². The molecule has 6 nitrogen and oxygen atoms in total. The van der Waals surface area contributed by atoms with Gasteiger partial charge in [-0.1, -0.05) is 60.5 Å². The average Bonchev–Trinajstić information content (AvgIpc) is 3.36. The molecule has 1 amide bonds. The summed E-state index contributed by atoms with van der Waals surface area (Å²) in [5, 5.41) is 5.73. The summed E-state index contributed by atoms with van der Waals surface area (Å²) in [6, 6.07) is 4.60. The van der Waals surface area contributed by atoms with Crippen molar-refractivity contribution in [1.82, 2.24) is 5.32 Å². The Bertz CT molecular complexity index is 1100. The van der Waals surface area contributed by atoms with Crippen LogP contribution in [0.1, 0.15) is 45.1 Å². The zero-order valence-electron chi connectivity index (χ0n) is 19.0. The Morgan fingerprint density at radius 3 is 2.74 bits per heavy atom. The molecule has 0 aromatic heterocycles. The third kappa shape index (κ3) is 6.30. The Kier molecular flexibility index (Phi) is 8.17. The van der Waals surface area contributed by atoms with Gasteiger partial charge in [-0.3, -0.25) is 9.00 Å². The quantitative estimate of drug-likeness (QED) is 0.396. The topological polar surface area (TPSA) is 87.7 Å². The van der Waals surface area contributed by atoms with Crippen LogP contribution in [0.3, 0.4) is 0 Å². The monoisotopic (exact) mass is 520 g/mol. The largest absolute Gasteiger partial charge is 0.768 e. The van der Waals surface area contributed by atoms with Crippen LogP contribution < -0.4 is 5.32 Å². The summed E-state index contributed by atoms with van der Waals surface area (Å²) in [6.07, 6.45) is 11.8. The van der Waals surface area contributed by atoms with E-state index < -0.39 is 16.9 Å². The number of carbonyl (C=O) groups is 1. The molecule has 2 heterocycles. The molecular formula is C25H27ClNO5S2-. The number of rotatable bonds is 6. The number of allylic oxidation sites excluding steroid dienone is 3. The summed E-state index contributed by atoms with van der Waals surface area (Å²) in [5.41, 5.74) is 2.06. The standard InChI is InChI=1S/C25H28ClNO5S2/c1-25(2)31-14-21(32-25)18-8-5-9-23(33-15-18)27-24(28)19(12-16-6-3-4-7-16)17-10-11-22(34(29)30)20(26)13-17/h5,8-13,15-16,21H,3-4,6-7,14H2,1-2H3,(H,27,28)(H,29,30)/p-1/b19-12+. The van der Waals surface area contributed by atoms with Crippen molar-refractivity contribution in [2.24, 2.45) is 5.92 Å². The highest BCUT2D eigenvalue weighted by Crippen LogP contribution is 2.33. The number of thioether (sulfide) groups is 1. The average molecular weight is 521 g/mol. The lowest BCUT2D eigenvalue weighted by atomic mass is 9.98. The number of nitrogens with one attached hydrogen (secondary N) is 1.